The Morgan fingerprint density at radius 3 is 3.11 bits per heavy atom. The summed E-state index contributed by atoms with van der Waals surface area (Å²) >= 11 is 5.82. The van der Waals surface area contributed by atoms with Crippen LogP contribution in [0.25, 0.3) is 0 Å². The quantitative estimate of drug-likeness (QED) is 0.781. The van der Waals surface area contributed by atoms with E-state index in [1.165, 1.54) is 5.56 Å². The van der Waals surface area contributed by atoms with Crippen LogP contribution in [0, 0.1) is 0 Å². The van der Waals surface area contributed by atoms with E-state index in [4.69, 9.17) is 21.1 Å². The van der Waals surface area contributed by atoms with E-state index in [2.05, 4.69) is 17.4 Å². The van der Waals surface area contributed by atoms with Crippen LogP contribution < -0.4 is 10.1 Å². The van der Waals surface area contributed by atoms with Crippen LogP contribution in [0.2, 0.25) is 0 Å². The van der Waals surface area contributed by atoms with Gasteiger partial charge < -0.3 is 14.8 Å². The van der Waals surface area contributed by atoms with Gasteiger partial charge in [-0.2, -0.15) is 0 Å². The van der Waals surface area contributed by atoms with Gasteiger partial charge in [0.05, 0.1) is 13.2 Å². The van der Waals surface area contributed by atoms with Gasteiger partial charge in [0.2, 0.25) is 0 Å². The van der Waals surface area contributed by atoms with Gasteiger partial charge in [0.15, 0.2) is 0 Å². The molecular formula is C15H22ClNO2. The van der Waals surface area contributed by atoms with Crippen molar-refractivity contribution in [2.45, 2.75) is 24.8 Å². The summed E-state index contributed by atoms with van der Waals surface area (Å²) in [4.78, 5) is 0. The Balaban J connectivity index is 1.92. The maximum atomic E-state index is 5.82. The molecule has 1 N–H and O–H groups in total. The SMILES string of the molecule is COCC(CCCl)NCC1CCOc2ccccc21. The summed E-state index contributed by atoms with van der Waals surface area (Å²) in [5.74, 6) is 2.20. The number of hydrogen-bond donors (Lipinski definition) is 1. The van der Waals surface area contributed by atoms with E-state index in [0.29, 0.717) is 24.4 Å². The molecule has 0 radical (unpaired) electrons. The molecule has 0 saturated heterocycles. The van der Waals surface area contributed by atoms with Crippen molar-refractivity contribution in [3.63, 3.8) is 0 Å². The summed E-state index contributed by atoms with van der Waals surface area (Å²) in [5, 5.41) is 3.57. The topological polar surface area (TPSA) is 30.5 Å². The van der Waals surface area contributed by atoms with Gasteiger partial charge in [0.1, 0.15) is 5.75 Å². The number of methoxy groups -OCH3 is 1. The lowest BCUT2D eigenvalue weighted by molar-refractivity contribution is 0.162. The molecular weight excluding hydrogens is 262 g/mol. The minimum Gasteiger partial charge on any atom is -0.493 e. The molecule has 1 heterocycles. The number of benzene rings is 1. The molecule has 0 amide bonds. The van der Waals surface area contributed by atoms with Crippen molar-refractivity contribution in [2.24, 2.45) is 0 Å². The fraction of sp³-hybridized carbons (Fsp3) is 0.600. The van der Waals surface area contributed by atoms with E-state index in [-0.39, 0.29) is 0 Å². The average molecular weight is 284 g/mol. The summed E-state index contributed by atoms with van der Waals surface area (Å²) in [6.07, 6.45) is 1.99. The van der Waals surface area contributed by atoms with E-state index in [1.54, 1.807) is 7.11 Å². The first-order chi connectivity index (χ1) is 9.35. The van der Waals surface area contributed by atoms with E-state index < -0.39 is 0 Å². The molecule has 2 unspecified atom stereocenters. The first kappa shape index (κ1) is 14.6. The van der Waals surface area contributed by atoms with Crippen molar-refractivity contribution >= 4 is 11.6 Å². The molecule has 0 spiro atoms. The van der Waals surface area contributed by atoms with E-state index in [9.17, 15) is 0 Å². The molecule has 106 valence electrons. The predicted octanol–water partition coefficient (Wildman–Crippen LogP) is 2.79. The predicted molar refractivity (Wildman–Crippen MR) is 78.3 cm³/mol. The number of para-hydroxylation sites is 1. The molecule has 2 rings (SSSR count). The van der Waals surface area contributed by atoms with Crippen molar-refractivity contribution in [3.05, 3.63) is 29.8 Å². The van der Waals surface area contributed by atoms with Crippen LogP contribution in [0.1, 0.15) is 24.3 Å². The maximum Gasteiger partial charge on any atom is 0.122 e. The number of nitrogens with one attached hydrogen (secondary N) is 1. The molecule has 1 aromatic carbocycles. The zero-order chi connectivity index (χ0) is 13.5. The lowest BCUT2D eigenvalue weighted by atomic mass is 9.93. The second-order valence-electron chi connectivity index (χ2n) is 4.91. The first-order valence-electron chi connectivity index (χ1n) is 6.85. The summed E-state index contributed by atoms with van der Waals surface area (Å²) in [6.45, 7) is 2.46. The Kier molecular flexibility index (Phi) is 5.95. The van der Waals surface area contributed by atoms with Crippen LogP contribution >= 0.6 is 11.6 Å². The van der Waals surface area contributed by atoms with Gasteiger partial charge in [-0.25, -0.2) is 0 Å². The van der Waals surface area contributed by atoms with Gasteiger partial charge in [-0.15, -0.1) is 11.6 Å². The molecule has 1 aliphatic heterocycles. The third-order valence-electron chi connectivity index (χ3n) is 3.56. The standard InChI is InChI=1S/C15H22ClNO2/c1-18-11-13(6-8-16)17-10-12-7-9-19-15-5-3-2-4-14(12)15/h2-5,12-13,17H,6-11H2,1H3. The highest BCUT2D eigenvalue weighted by Crippen LogP contribution is 2.32. The van der Waals surface area contributed by atoms with Crippen molar-refractivity contribution in [1.82, 2.24) is 5.32 Å². The molecule has 0 aliphatic carbocycles. The van der Waals surface area contributed by atoms with Crippen molar-refractivity contribution in [2.75, 3.05) is 32.7 Å². The molecule has 2 atom stereocenters. The lowest BCUT2D eigenvalue weighted by Gasteiger charge is -2.28. The third-order valence-corrected chi connectivity index (χ3v) is 3.78. The van der Waals surface area contributed by atoms with Gasteiger partial charge in [-0.3, -0.25) is 0 Å². The largest absolute Gasteiger partial charge is 0.493 e. The molecule has 1 aromatic rings. The zero-order valence-corrected chi connectivity index (χ0v) is 12.2. The molecule has 1 aliphatic rings. The number of alkyl halides is 1. The zero-order valence-electron chi connectivity index (χ0n) is 11.4. The molecule has 4 heteroatoms. The van der Waals surface area contributed by atoms with Crippen LogP contribution in [-0.4, -0.2) is 38.8 Å². The van der Waals surface area contributed by atoms with Gasteiger partial charge in [0.25, 0.3) is 0 Å². The van der Waals surface area contributed by atoms with Crippen molar-refractivity contribution in [3.8, 4) is 5.75 Å². The van der Waals surface area contributed by atoms with Gasteiger partial charge in [-0.05, 0) is 24.5 Å². The normalized spacial score (nSPS) is 19.6. The van der Waals surface area contributed by atoms with Crippen LogP contribution in [0.4, 0.5) is 0 Å². The Morgan fingerprint density at radius 1 is 1.47 bits per heavy atom. The van der Waals surface area contributed by atoms with E-state index in [1.807, 2.05) is 12.1 Å². The van der Waals surface area contributed by atoms with E-state index >= 15 is 0 Å². The highest BCUT2D eigenvalue weighted by Gasteiger charge is 2.21. The van der Waals surface area contributed by atoms with Crippen LogP contribution in [0.15, 0.2) is 24.3 Å². The summed E-state index contributed by atoms with van der Waals surface area (Å²) in [5.41, 5.74) is 1.31. The van der Waals surface area contributed by atoms with Crippen molar-refractivity contribution in [1.29, 1.82) is 0 Å². The average Bonchev–Trinajstić information content (AvgIpc) is 2.45. The smallest absolute Gasteiger partial charge is 0.122 e. The van der Waals surface area contributed by atoms with Gasteiger partial charge in [0, 0.05) is 31.5 Å². The van der Waals surface area contributed by atoms with Crippen LogP contribution in [0.5, 0.6) is 5.75 Å². The number of ether oxygens (including phenoxy) is 2. The molecule has 0 saturated carbocycles. The van der Waals surface area contributed by atoms with Crippen LogP contribution in [-0.2, 0) is 4.74 Å². The number of halogens is 1. The number of hydrogen-bond acceptors (Lipinski definition) is 3. The summed E-state index contributed by atoms with van der Waals surface area (Å²) in [7, 11) is 1.73. The molecule has 0 bridgehead atoms. The van der Waals surface area contributed by atoms with Crippen molar-refractivity contribution < 1.29 is 9.47 Å². The Hall–Kier alpha value is -0.770. The Bertz CT molecular complexity index is 380. The highest BCUT2D eigenvalue weighted by atomic mass is 35.5. The summed E-state index contributed by atoms with van der Waals surface area (Å²) in [6, 6.07) is 8.64. The molecule has 19 heavy (non-hydrogen) atoms. The third kappa shape index (κ3) is 4.10. The summed E-state index contributed by atoms with van der Waals surface area (Å²) < 4.78 is 10.9. The van der Waals surface area contributed by atoms with Gasteiger partial charge >= 0.3 is 0 Å². The van der Waals surface area contributed by atoms with Crippen LogP contribution in [0.3, 0.4) is 0 Å². The Morgan fingerprint density at radius 2 is 2.32 bits per heavy atom. The highest BCUT2D eigenvalue weighted by molar-refractivity contribution is 6.17. The van der Waals surface area contributed by atoms with Gasteiger partial charge in [-0.1, -0.05) is 18.2 Å². The fourth-order valence-electron chi connectivity index (χ4n) is 2.51. The fourth-order valence-corrected chi connectivity index (χ4v) is 2.78. The number of fused-ring (bicyclic) bond motifs is 1. The minimum absolute atomic E-state index is 0.331. The molecule has 0 fully saturated rings. The second kappa shape index (κ2) is 7.73. The molecule has 3 nitrogen and oxygen atoms in total. The maximum absolute atomic E-state index is 5.82. The monoisotopic (exact) mass is 283 g/mol. The second-order valence-corrected chi connectivity index (χ2v) is 5.29. The number of rotatable bonds is 7. The first-order valence-corrected chi connectivity index (χ1v) is 7.38. The lowest BCUT2D eigenvalue weighted by Crippen LogP contribution is -2.37. The minimum atomic E-state index is 0.331. The van der Waals surface area contributed by atoms with E-state index in [0.717, 1.165) is 31.7 Å². The molecule has 0 aromatic heterocycles. The Labute approximate surface area is 120 Å².